The van der Waals surface area contributed by atoms with E-state index in [1.54, 1.807) is 0 Å². The molecule has 1 fully saturated rings. The van der Waals surface area contributed by atoms with Crippen LogP contribution in [0, 0.1) is 0 Å². The van der Waals surface area contributed by atoms with Crippen LogP contribution in [0.4, 0.5) is 5.69 Å². The highest BCUT2D eigenvalue weighted by atomic mass is 32.1. The van der Waals surface area contributed by atoms with Crippen molar-refractivity contribution >= 4 is 28.9 Å². The molecule has 1 aliphatic heterocycles. The van der Waals surface area contributed by atoms with Gasteiger partial charge in [0.15, 0.2) is 5.11 Å². The molecule has 0 atom stereocenters. The Morgan fingerprint density at radius 1 is 0.718 bits per heavy atom. The predicted molar refractivity (Wildman–Crippen MR) is 164 cm³/mol. The minimum absolute atomic E-state index is 0.114. The first-order valence-electron chi connectivity index (χ1n) is 13.4. The van der Waals surface area contributed by atoms with Crippen LogP contribution in [0.3, 0.4) is 0 Å². The summed E-state index contributed by atoms with van der Waals surface area (Å²) < 4.78 is 0. The Bertz CT molecular complexity index is 1370. The minimum Gasteiger partial charge on any atom is -0.340 e. The lowest BCUT2D eigenvalue weighted by Gasteiger charge is -2.32. The molecule has 0 saturated carbocycles. The van der Waals surface area contributed by atoms with Gasteiger partial charge in [0.1, 0.15) is 0 Å². The van der Waals surface area contributed by atoms with Gasteiger partial charge in [-0.1, -0.05) is 84.9 Å². The monoisotopic (exact) mass is 534 g/mol. The maximum absolute atomic E-state index is 12.9. The highest BCUT2D eigenvalue weighted by Crippen LogP contribution is 2.22. The number of para-hydroxylation sites is 1. The van der Waals surface area contributed by atoms with Gasteiger partial charge in [-0.25, -0.2) is 0 Å². The van der Waals surface area contributed by atoms with Gasteiger partial charge >= 0.3 is 0 Å². The van der Waals surface area contributed by atoms with Crippen molar-refractivity contribution < 1.29 is 4.79 Å². The predicted octanol–water partition coefficient (Wildman–Crippen LogP) is 6.14. The normalized spacial score (nSPS) is 13.6. The number of rotatable bonds is 7. The van der Waals surface area contributed by atoms with E-state index in [-0.39, 0.29) is 5.91 Å². The lowest BCUT2D eigenvalue weighted by Crippen LogP contribution is -2.47. The summed E-state index contributed by atoms with van der Waals surface area (Å²) in [6, 6.07) is 37.0. The molecule has 0 aromatic heterocycles. The second-order valence-corrected chi connectivity index (χ2v) is 10.4. The van der Waals surface area contributed by atoms with Gasteiger partial charge in [-0.2, -0.15) is 0 Å². The third kappa shape index (κ3) is 7.11. The molecule has 1 N–H and O–H groups in total. The van der Waals surface area contributed by atoms with Crippen LogP contribution >= 0.6 is 12.2 Å². The highest BCUT2D eigenvalue weighted by Gasteiger charge is 2.20. The molecule has 1 saturated heterocycles. The SMILES string of the molecule is CN1CCN(C(=O)c2ccc(-c3ccc(CN(Cc4ccccc4)C(=S)Nc4ccccc4)cc3)cc2)CC1. The maximum atomic E-state index is 12.9. The van der Waals surface area contributed by atoms with Crippen molar-refractivity contribution in [1.82, 2.24) is 14.7 Å². The second-order valence-electron chi connectivity index (χ2n) is 10.0. The fraction of sp³-hybridized carbons (Fsp3) is 0.212. The molecule has 0 bridgehead atoms. The molecule has 1 aliphatic rings. The lowest BCUT2D eigenvalue weighted by atomic mass is 10.0. The van der Waals surface area contributed by atoms with Gasteiger partial charge in [-0.05, 0) is 65.8 Å². The van der Waals surface area contributed by atoms with Gasteiger partial charge in [-0.3, -0.25) is 4.79 Å². The largest absolute Gasteiger partial charge is 0.340 e. The van der Waals surface area contributed by atoms with Crippen molar-refractivity contribution in [3.63, 3.8) is 0 Å². The summed E-state index contributed by atoms with van der Waals surface area (Å²) in [6.45, 7) is 4.81. The number of carbonyl (C=O) groups excluding carboxylic acids is 1. The molecule has 0 aliphatic carbocycles. The number of benzene rings is 4. The Kier molecular flexibility index (Phi) is 8.66. The summed E-state index contributed by atoms with van der Waals surface area (Å²) in [5.41, 5.74) is 6.32. The van der Waals surface area contributed by atoms with E-state index in [0.29, 0.717) is 18.2 Å². The summed E-state index contributed by atoms with van der Waals surface area (Å²) in [7, 11) is 2.10. The Morgan fingerprint density at radius 3 is 1.82 bits per heavy atom. The van der Waals surface area contributed by atoms with E-state index in [2.05, 4.69) is 70.7 Å². The Morgan fingerprint density at radius 2 is 1.23 bits per heavy atom. The van der Waals surface area contributed by atoms with E-state index in [1.165, 1.54) is 11.1 Å². The minimum atomic E-state index is 0.114. The van der Waals surface area contributed by atoms with Crippen molar-refractivity contribution in [2.75, 3.05) is 38.5 Å². The van der Waals surface area contributed by atoms with Crippen LogP contribution in [0.1, 0.15) is 21.5 Å². The standard InChI is InChI=1S/C33H34N4OS/c1-35-20-22-36(23-21-35)32(38)30-18-16-29(17-19-30)28-14-12-27(13-15-28)25-37(24-26-8-4-2-5-9-26)33(39)34-31-10-6-3-7-11-31/h2-19H,20-25H2,1H3,(H,34,39). The zero-order valence-corrected chi connectivity index (χ0v) is 23.1. The number of anilines is 1. The van der Waals surface area contributed by atoms with E-state index in [1.807, 2.05) is 65.6 Å². The Balaban J connectivity index is 1.26. The summed E-state index contributed by atoms with van der Waals surface area (Å²) in [6.07, 6.45) is 0. The van der Waals surface area contributed by atoms with Crippen LogP contribution in [0.15, 0.2) is 109 Å². The molecule has 4 aromatic rings. The van der Waals surface area contributed by atoms with Gasteiger partial charge in [0.2, 0.25) is 0 Å². The third-order valence-corrected chi connectivity index (χ3v) is 7.47. The summed E-state index contributed by atoms with van der Waals surface area (Å²) in [5.74, 6) is 0.114. The molecule has 198 valence electrons. The first-order chi connectivity index (χ1) is 19.0. The number of piperazine rings is 1. The van der Waals surface area contributed by atoms with Crippen LogP contribution in [-0.4, -0.2) is 58.9 Å². The summed E-state index contributed by atoms with van der Waals surface area (Å²) in [4.78, 5) is 19.3. The van der Waals surface area contributed by atoms with Crippen molar-refractivity contribution in [1.29, 1.82) is 0 Å². The van der Waals surface area contributed by atoms with Crippen LogP contribution in [0.5, 0.6) is 0 Å². The highest BCUT2D eigenvalue weighted by molar-refractivity contribution is 7.80. The zero-order valence-electron chi connectivity index (χ0n) is 22.3. The quantitative estimate of drug-likeness (QED) is 0.288. The molecule has 1 amide bonds. The first-order valence-corrected chi connectivity index (χ1v) is 13.8. The maximum Gasteiger partial charge on any atom is 0.253 e. The van der Waals surface area contributed by atoms with Gasteiger partial charge in [0.05, 0.1) is 0 Å². The van der Waals surface area contributed by atoms with Crippen molar-refractivity contribution in [3.05, 3.63) is 126 Å². The smallest absolute Gasteiger partial charge is 0.253 e. The van der Waals surface area contributed by atoms with E-state index >= 15 is 0 Å². The van der Waals surface area contributed by atoms with Gasteiger partial charge < -0.3 is 20.0 Å². The average Bonchev–Trinajstić information content (AvgIpc) is 2.98. The number of amides is 1. The van der Waals surface area contributed by atoms with E-state index in [9.17, 15) is 4.79 Å². The Hall–Kier alpha value is -4.00. The molecule has 5 rings (SSSR count). The number of nitrogens with zero attached hydrogens (tertiary/aromatic N) is 3. The Labute approximate surface area is 236 Å². The molecule has 39 heavy (non-hydrogen) atoms. The molecule has 5 nitrogen and oxygen atoms in total. The lowest BCUT2D eigenvalue weighted by molar-refractivity contribution is 0.0664. The molecular formula is C33H34N4OS. The molecule has 0 radical (unpaired) electrons. The number of carbonyl (C=O) groups is 1. The topological polar surface area (TPSA) is 38.8 Å². The molecule has 4 aromatic carbocycles. The number of hydrogen-bond donors (Lipinski definition) is 1. The van der Waals surface area contributed by atoms with E-state index in [4.69, 9.17) is 12.2 Å². The van der Waals surface area contributed by atoms with Crippen LogP contribution in [-0.2, 0) is 13.1 Å². The van der Waals surface area contributed by atoms with Crippen molar-refractivity contribution in [3.8, 4) is 11.1 Å². The van der Waals surface area contributed by atoms with E-state index < -0.39 is 0 Å². The summed E-state index contributed by atoms with van der Waals surface area (Å²) >= 11 is 5.83. The fourth-order valence-electron chi connectivity index (χ4n) is 4.75. The second kappa shape index (κ2) is 12.7. The number of hydrogen-bond acceptors (Lipinski definition) is 3. The molecule has 6 heteroatoms. The van der Waals surface area contributed by atoms with Crippen LogP contribution in [0.25, 0.3) is 11.1 Å². The molecule has 0 unspecified atom stereocenters. The van der Waals surface area contributed by atoms with Crippen molar-refractivity contribution in [2.45, 2.75) is 13.1 Å². The molecule has 1 heterocycles. The van der Waals surface area contributed by atoms with Gasteiger partial charge in [0.25, 0.3) is 5.91 Å². The van der Waals surface area contributed by atoms with Gasteiger partial charge in [0, 0.05) is 50.5 Å². The number of likely N-dealkylation sites (N-methyl/N-ethyl adjacent to an activating group) is 1. The van der Waals surface area contributed by atoms with E-state index in [0.717, 1.165) is 48.6 Å². The summed E-state index contributed by atoms with van der Waals surface area (Å²) in [5, 5.41) is 4.07. The zero-order chi connectivity index (χ0) is 27.0. The fourth-order valence-corrected chi connectivity index (χ4v) is 4.99. The average molecular weight is 535 g/mol. The number of thiocarbonyl (C=S) groups is 1. The number of nitrogens with one attached hydrogen (secondary N) is 1. The van der Waals surface area contributed by atoms with Gasteiger partial charge in [-0.15, -0.1) is 0 Å². The van der Waals surface area contributed by atoms with Crippen LogP contribution < -0.4 is 5.32 Å². The molecule has 0 spiro atoms. The molecular weight excluding hydrogens is 500 g/mol. The first kappa shape index (κ1) is 26.6. The third-order valence-electron chi connectivity index (χ3n) is 7.11. The van der Waals surface area contributed by atoms with Crippen molar-refractivity contribution in [2.24, 2.45) is 0 Å². The van der Waals surface area contributed by atoms with Crippen LogP contribution in [0.2, 0.25) is 0 Å².